The van der Waals surface area contributed by atoms with Crippen LogP contribution in [0.15, 0.2) is 53.3 Å². The van der Waals surface area contributed by atoms with Crippen molar-refractivity contribution in [3.05, 3.63) is 60.0 Å². The van der Waals surface area contributed by atoms with Crippen molar-refractivity contribution in [1.29, 1.82) is 0 Å². The second-order valence-electron chi connectivity index (χ2n) is 4.41. The first-order valence-corrected chi connectivity index (χ1v) is 6.17. The molecular weight excluding hydrogens is 299 g/mol. The van der Waals surface area contributed by atoms with Gasteiger partial charge < -0.3 is 9.15 Å². The van der Waals surface area contributed by atoms with Gasteiger partial charge in [0.15, 0.2) is 12.0 Å². The monoisotopic (exact) mass is 307 g/mol. The Labute approximate surface area is 122 Å². The van der Waals surface area contributed by atoms with E-state index >= 15 is 0 Å². The Balaban J connectivity index is 1.91. The zero-order valence-electron chi connectivity index (χ0n) is 10.9. The average molecular weight is 307 g/mol. The van der Waals surface area contributed by atoms with Crippen molar-refractivity contribution >= 4 is 17.1 Å². The molecule has 0 bridgehead atoms. The molecule has 0 atom stereocenters. The van der Waals surface area contributed by atoms with Gasteiger partial charge in [0.25, 0.3) is 0 Å². The second kappa shape index (κ2) is 5.18. The topological polar surface area (TPSA) is 52.3 Å². The van der Waals surface area contributed by atoms with E-state index in [4.69, 9.17) is 9.15 Å². The molecule has 0 aliphatic heterocycles. The van der Waals surface area contributed by atoms with Crippen LogP contribution in [-0.4, -0.2) is 11.0 Å². The summed E-state index contributed by atoms with van der Waals surface area (Å²) in [6.45, 7) is 0. The first-order valence-electron chi connectivity index (χ1n) is 6.17. The first kappa shape index (κ1) is 14.1. The molecule has 0 unspecified atom stereocenters. The molecule has 0 saturated heterocycles. The Morgan fingerprint density at radius 3 is 2.68 bits per heavy atom. The Bertz CT molecular complexity index is 839. The lowest BCUT2D eigenvalue weighted by atomic mass is 10.1. The summed E-state index contributed by atoms with van der Waals surface area (Å²) >= 11 is 0. The van der Waals surface area contributed by atoms with E-state index in [0.29, 0.717) is 11.1 Å². The summed E-state index contributed by atoms with van der Waals surface area (Å²) < 4.78 is 48.7. The summed E-state index contributed by atoms with van der Waals surface area (Å²) in [5.41, 5.74) is -0.664. The molecule has 4 nitrogen and oxygen atoms in total. The molecule has 3 aromatic rings. The van der Waals surface area contributed by atoms with Gasteiger partial charge in [-0.15, -0.1) is 0 Å². The zero-order chi connectivity index (χ0) is 15.7. The molecule has 0 aliphatic carbocycles. The molecule has 0 saturated carbocycles. The quantitative estimate of drug-likeness (QED) is 0.529. The Hall–Kier alpha value is -2.83. The van der Waals surface area contributed by atoms with Crippen molar-refractivity contribution in [1.82, 2.24) is 4.98 Å². The van der Waals surface area contributed by atoms with E-state index < -0.39 is 23.3 Å². The maximum Gasteiger partial charge on any atom is 0.417 e. The molecule has 2 aromatic carbocycles. The number of alkyl halides is 3. The number of fused-ring (bicyclic) bond motifs is 1. The minimum Gasteiger partial charge on any atom is -0.443 e. The Kier molecular flexibility index (Phi) is 3.32. The van der Waals surface area contributed by atoms with Crippen molar-refractivity contribution < 1.29 is 27.1 Å². The predicted molar refractivity (Wildman–Crippen MR) is 70.4 cm³/mol. The van der Waals surface area contributed by atoms with Crippen LogP contribution in [0.2, 0.25) is 0 Å². The lowest BCUT2D eigenvalue weighted by Gasteiger charge is -2.11. The number of hydrogen-bond acceptors (Lipinski definition) is 4. The van der Waals surface area contributed by atoms with Crippen LogP contribution in [-0.2, 0) is 6.18 Å². The number of hydrogen-bond donors (Lipinski definition) is 0. The third-order valence-corrected chi connectivity index (χ3v) is 2.96. The smallest absolute Gasteiger partial charge is 0.417 e. The minimum absolute atomic E-state index is 0.0865. The van der Waals surface area contributed by atoms with Crippen LogP contribution in [0.25, 0.3) is 11.1 Å². The van der Waals surface area contributed by atoms with Crippen LogP contribution in [0, 0.1) is 0 Å². The normalized spacial score (nSPS) is 11.6. The molecule has 0 aliphatic rings. The number of carbonyl (C=O) groups is 1. The SMILES string of the molecule is O=C(Oc1ccc2ocnc2c1)c1ccccc1C(F)(F)F. The van der Waals surface area contributed by atoms with E-state index in [1.807, 2.05) is 0 Å². The second-order valence-corrected chi connectivity index (χ2v) is 4.41. The van der Waals surface area contributed by atoms with Crippen LogP contribution in [0.3, 0.4) is 0 Å². The van der Waals surface area contributed by atoms with Crippen molar-refractivity contribution in [2.75, 3.05) is 0 Å². The van der Waals surface area contributed by atoms with Gasteiger partial charge in [0, 0.05) is 6.07 Å². The molecule has 3 rings (SSSR count). The summed E-state index contributed by atoms with van der Waals surface area (Å²) in [5.74, 6) is -1.00. The number of esters is 1. The van der Waals surface area contributed by atoms with E-state index in [2.05, 4.69) is 4.98 Å². The van der Waals surface area contributed by atoms with Gasteiger partial charge in [-0.05, 0) is 24.3 Å². The fraction of sp³-hybridized carbons (Fsp3) is 0.0667. The summed E-state index contributed by atoms with van der Waals surface area (Å²) in [5, 5.41) is 0. The maximum atomic E-state index is 12.9. The van der Waals surface area contributed by atoms with Gasteiger partial charge in [0.1, 0.15) is 11.3 Å². The molecule has 0 amide bonds. The molecular formula is C15H8F3NO3. The molecule has 22 heavy (non-hydrogen) atoms. The van der Waals surface area contributed by atoms with E-state index in [9.17, 15) is 18.0 Å². The third kappa shape index (κ3) is 2.65. The molecule has 0 spiro atoms. The number of rotatable bonds is 2. The molecule has 0 fully saturated rings. The van der Waals surface area contributed by atoms with Gasteiger partial charge in [0.2, 0.25) is 0 Å². The van der Waals surface area contributed by atoms with Gasteiger partial charge in [-0.25, -0.2) is 9.78 Å². The summed E-state index contributed by atoms with van der Waals surface area (Å²) in [4.78, 5) is 15.9. The van der Waals surface area contributed by atoms with Crippen LogP contribution < -0.4 is 4.74 Å². The first-order chi connectivity index (χ1) is 10.4. The highest BCUT2D eigenvalue weighted by Crippen LogP contribution is 2.32. The van der Waals surface area contributed by atoms with Crippen LogP contribution in [0.1, 0.15) is 15.9 Å². The number of oxazole rings is 1. The largest absolute Gasteiger partial charge is 0.443 e. The van der Waals surface area contributed by atoms with Crippen LogP contribution in [0.5, 0.6) is 5.75 Å². The van der Waals surface area contributed by atoms with Gasteiger partial charge in [-0.3, -0.25) is 0 Å². The highest BCUT2D eigenvalue weighted by atomic mass is 19.4. The lowest BCUT2D eigenvalue weighted by Crippen LogP contribution is -2.16. The summed E-state index contributed by atoms with van der Waals surface area (Å²) in [6, 6.07) is 8.79. The fourth-order valence-corrected chi connectivity index (χ4v) is 1.97. The van der Waals surface area contributed by atoms with E-state index in [0.717, 1.165) is 12.1 Å². The van der Waals surface area contributed by atoms with Gasteiger partial charge >= 0.3 is 12.1 Å². The number of nitrogens with zero attached hydrogens (tertiary/aromatic N) is 1. The zero-order valence-corrected chi connectivity index (χ0v) is 10.9. The van der Waals surface area contributed by atoms with Crippen LogP contribution in [0.4, 0.5) is 13.2 Å². The van der Waals surface area contributed by atoms with Gasteiger partial charge in [-0.2, -0.15) is 13.2 Å². The standard InChI is InChI=1S/C15H8F3NO3/c16-15(17,18)11-4-2-1-3-10(11)14(20)22-9-5-6-13-12(7-9)19-8-21-13/h1-8H. The Morgan fingerprint density at radius 2 is 1.91 bits per heavy atom. The molecule has 7 heteroatoms. The average Bonchev–Trinajstić information content (AvgIpc) is 2.94. The van der Waals surface area contributed by atoms with Crippen molar-refractivity contribution in [3.63, 3.8) is 0 Å². The highest BCUT2D eigenvalue weighted by Gasteiger charge is 2.35. The number of carbonyl (C=O) groups excluding carboxylic acids is 1. The van der Waals surface area contributed by atoms with E-state index in [1.165, 1.54) is 36.7 Å². The van der Waals surface area contributed by atoms with E-state index in [-0.39, 0.29) is 5.75 Å². The molecule has 112 valence electrons. The number of ether oxygens (including phenoxy) is 1. The third-order valence-electron chi connectivity index (χ3n) is 2.96. The molecule has 1 aromatic heterocycles. The van der Waals surface area contributed by atoms with Crippen LogP contribution >= 0.6 is 0 Å². The molecule has 0 radical (unpaired) electrons. The Morgan fingerprint density at radius 1 is 1.14 bits per heavy atom. The molecule has 0 N–H and O–H groups in total. The summed E-state index contributed by atoms with van der Waals surface area (Å²) in [6.07, 6.45) is -3.42. The summed E-state index contributed by atoms with van der Waals surface area (Å²) in [7, 11) is 0. The lowest BCUT2D eigenvalue weighted by molar-refractivity contribution is -0.138. The van der Waals surface area contributed by atoms with E-state index in [1.54, 1.807) is 0 Å². The number of aromatic nitrogens is 1. The van der Waals surface area contributed by atoms with Crippen molar-refractivity contribution in [2.24, 2.45) is 0 Å². The number of benzene rings is 2. The fourth-order valence-electron chi connectivity index (χ4n) is 1.97. The van der Waals surface area contributed by atoms with Gasteiger partial charge in [0.05, 0.1) is 11.1 Å². The van der Waals surface area contributed by atoms with Crippen molar-refractivity contribution in [3.8, 4) is 5.75 Å². The number of halogens is 3. The maximum absolute atomic E-state index is 12.9. The van der Waals surface area contributed by atoms with Gasteiger partial charge in [-0.1, -0.05) is 12.1 Å². The minimum atomic E-state index is -4.63. The molecule has 1 heterocycles. The van der Waals surface area contributed by atoms with Crippen molar-refractivity contribution in [2.45, 2.75) is 6.18 Å². The predicted octanol–water partition coefficient (Wildman–Crippen LogP) is 4.07. The highest BCUT2D eigenvalue weighted by molar-refractivity contribution is 5.93.